The van der Waals surface area contributed by atoms with E-state index in [4.69, 9.17) is 23.2 Å². The lowest BCUT2D eigenvalue weighted by Crippen LogP contribution is -2.67. The minimum atomic E-state index is -5.79. The van der Waals surface area contributed by atoms with E-state index in [-0.39, 0.29) is 15.7 Å². The summed E-state index contributed by atoms with van der Waals surface area (Å²) in [7, 11) is 0. The number of nitrogens with one attached hydrogen (secondary N) is 2. The first-order valence-electron chi connectivity index (χ1n) is 7.20. The maximum atomic E-state index is 13.5. The van der Waals surface area contributed by atoms with Gasteiger partial charge in [-0.05, 0) is 25.1 Å². The van der Waals surface area contributed by atoms with Crippen LogP contribution in [0.25, 0.3) is 0 Å². The fraction of sp³-hybridized carbons (Fsp3) is 0.429. The molecule has 28 heavy (non-hydrogen) atoms. The van der Waals surface area contributed by atoms with Gasteiger partial charge in [0.2, 0.25) is 0 Å². The molecular formula is C14H12Cl2F6N2O4. The average molecular weight is 457 g/mol. The molecule has 0 saturated carbocycles. The van der Waals surface area contributed by atoms with Crippen molar-refractivity contribution in [2.45, 2.75) is 25.0 Å². The van der Waals surface area contributed by atoms with Gasteiger partial charge in [0.1, 0.15) is 6.61 Å². The smallest absolute Gasteiger partial charge is 0.448 e. The zero-order chi connectivity index (χ0) is 21.8. The molecule has 2 N–H and O–H groups in total. The van der Waals surface area contributed by atoms with Crippen molar-refractivity contribution in [1.82, 2.24) is 5.32 Å². The number of amides is 2. The maximum absolute atomic E-state index is 13.5. The molecule has 0 bridgehead atoms. The van der Waals surface area contributed by atoms with Gasteiger partial charge >= 0.3 is 30.1 Å². The van der Waals surface area contributed by atoms with E-state index in [0.29, 0.717) is 0 Å². The highest BCUT2D eigenvalue weighted by molar-refractivity contribution is 6.42. The van der Waals surface area contributed by atoms with Crippen LogP contribution in [0.3, 0.4) is 0 Å². The van der Waals surface area contributed by atoms with Crippen LogP contribution >= 0.6 is 23.2 Å². The van der Waals surface area contributed by atoms with Gasteiger partial charge in [0.15, 0.2) is 0 Å². The number of hydrogen-bond donors (Lipinski definition) is 2. The highest BCUT2D eigenvalue weighted by Gasteiger charge is 2.66. The van der Waals surface area contributed by atoms with Crippen molar-refractivity contribution in [2.75, 3.05) is 18.5 Å². The third kappa shape index (κ3) is 6.31. The summed E-state index contributed by atoms with van der Waals surface area (Å²) in [4.78, 5) is 23.7. The van der Waals surface area contributed by atoms with Gasteiger partial charge in [0.25, 0.3) is 0 Å². The molecule has 1 aromatic carbocycles. The molecule has 0 unspecified atom stereocenters. The standard InChI is InChI=1S/C14H12Cl2F6N2O4/c1-2-27-10(25)13(14(20,21)22,28-6-12(17,18)19)24-11(26)23-7-3-4-8(15)9(16)5-7/h3-5H,2,6H2,1H3,(H2,23,24,26)/t13-/m0/s1. The first-order valence-corrected chi connectivity index (χ1v) is 7.96. The van der Waals surface area contributed by atoms with Gasteiger partial charge < -0.3 is 14.8 Å². The maximum Gasteiger partial charge on any atom is 0.448 e. The van der Waals surface area contributed by atoms with Crippen LogP contribution in [0.4, 0.5) is 36.8 Å². The largest absolute Gasteiger partial charge is 0.462 e. The number of halogens is 8. The molecule has 0 spiro atoms. The lowest BCUT2D eigenvalue weighted by Gasteiger charge is -2.33. The van der Waals surface area contributed by atoms with Crippen molar-refractivity contribution in [1.29, 1.82) is 0 Å². The van der Waals surface area contributed by atoms with E-state index in [1.54, 1.807) is 0 Å². The van der Waals surface area contributed by atoms with Gasteiger partial charge in [-0.3, -0.25) is 5.32 Å². The Morgan fingerprint density at radius 1 is 1.07 bits per heavy atom. The Balaban J connectivity index is 3.19. The monoisotopic (exact) mass is 456 g/mol. The molecule has 0 fully saturated rings. The molecule has 0 aliphatic rings. The highest BCUT2D eigenvalue weighted by Crippen LogP contribution is 2.35. The second-order valence-corrected chi connectivity index (χ2v) is 5.83. The predicted molar refractivity (Wildman–Crippen MR) is 86.0 cm³/mol. The number of ether oxygens (including phenoxy) is 2. The fourth-order valence-electron chi connectivity index (χ4n) is 1.73. The van der Waals surface area contributed by atoms with Crippen molar-refractivity contribution in [3.05, 3.63) is 28.2 Å². The molecule has 0 radical (unpaired) electrons. The Morgan fingerprint density at radius 2 is 1.68 bits per heavy atom. The van der Waals surface area contributed by atoms with E-state index < -0.39 is 43.3 Å². The number of anilines is 1. The zero-order valence-electron chi connectivity index (χ0n) is 13.8. The second-order valence-electron chi connectivity index (χ2n) is 5.01. The van der Waals surface area contributed by atoms with Gasteiger partial charge in [0.05, 0.1) is 16.7 Å². The Kier molecular flexibility index (Phi) is 7.80. The number of carbonyl (C=O) groups is 2. The number of hydrogen-bond acceptors (Lipinski definition) is 4. The molecule has 1 aromatic rings. The molecular weight excluding hydrogens is 445 g/mol. The molecule has 158 valence electrons. The van der Waals surface area contributed by atoms with Gasteiger partial charge in [-0.1, -0.05) is 23.2 Å². The first kappa shape index (κ1) is 24.1. The van der Waals surface area contributed by atoms with Crippen molar-refractivity contribution >= 4 is 40.9 Å². The topological polar surface area (TPSA) is 76.7 Å². The Morgan fingerprint density at radius 3 is 2.14 bits per heavy atom. The number of alkyl halides is 6. The van der Waals surface area contributed by atoms with Gasteiger partial charge in [-0.15, -0.1) is 0 Å². The van der Waals surface area contributed by atoms with E-state index in [0.717, 1.165) is 24.4 Å². The van der Waals surface area contributed by atoms with E-state index >= 15 is 0 Å². The number of urea groups is 1. The van der Waals surface area contributed by atoms with Crippen LogP contribution < -0.4 is 10.6 Å². The molecule has 0 aromatic heterocycles. The average Bonchev–Trinajstić information content (AvgIpc) is 2.53. The van der Waals surface area contributed by atoms with Crippen LogP contribution in [0.2, 0.25) is 10.0 Å². The SMILES string of the molecule is CCOC(=O)[C@](NC(=O)Nc1ccc(Cl)c(Cl)c1)(OCC(F)(F)F)C(F)(F)F. The summed E-state index contributed by atoms with van der Waals surface area (Å²) in [5.74, 6) is -2.28. The molecule has 0 aliphatic carbocycles. The number of carbonyl (C=O) groups excluding carboxylic acids is 2. The predicted octanol–water partition coefficient (Wildman–Crippen LogP) is 4.52. The summed E-state index contributed by atoms with van der Waals surface area (Å²) in [6.45, 7) is -2.00. The van der Waals surface area contributed by atoms with Gasteiger partial charge in [-0.2, -0.15) is 26.3 Å². The van der Waals surface area contributed by atoms with Crippen molar-refractivity contribution < 1.29 is 45.4 Å². The van der Waals surface area contributed by atoms with Crippen LogP contribution in [-0.4, -0.2) is 43.3 Å². The molecule has 0 aliphatic heterocycles. The Hall–Kier alpha value is -1.92. The van der Waals surface area contributed by atoms with Crippen LogP contribution in [0, 0.1) is 0 Å². The summed E-state index contributed by atoms with van der Waals surface area (Å²) >= 11 is 11.3. The number of rotatable bonds is 6. The molecule has 1 rings (SSSR count). The van der Waals surface area contributed by atoms with Crippen LogP contribution in [0.1, 0.15) is 6.92 Å². The van der Waals surface area contributed by atoms with E-state index in [2.05, 4.69) is 9.47 Å². The Labute approximate surface area is 164 Å². The first-order chi connectivity index (χ1) is 12.7. The summed E-state index contributed by atoms with van der Waals surface area (Å²) < 4.78 is 85.5. The summed E-state index contributed by atoms with van der Waals surface area (Å²) in [5.41, 5.74) is -4.57. The van der Waals surface area contributed by atoms with E-state index in [1.165, 1.54) is 6.07 Å². The zero-order valence-corrected chi connectivity index (χ0v) is 15.3. The molecule has 0 heterocycles. The second kappa shape index (κ2) is 9.05. The normalized spacial score (nSPS) is 14.2. The van der Waals surface area contributed by atoms with Crippen molar-refractivity contribution in [3.8, 4) is 0 Å². The molecule has 1 atom stereocenters. The molecule has 6 nitrogen and oxygen atoms in total. The summed E-state index contributed by atoms with van der Waals surface area (Å²) in [6.07, 6.45) is -11.0. The quantitative estimate of drug-likeness (QED) is 0.375. The number of benzene rings is 1. The van der Waals surface area contributed by atoms with E-state index in [1.807, 2.05) is 5.32 Å². The summed E-state index contributed by atoms with van der Waals surface area (Å²) in [6, 6.07) is 1.68. The minimum Gasteiger partial charge on any atom is -0.462 e. The number of esters is 1. The third-order valence-electron chi connectivity index (χ3n) is 2.88. The lowest BCUT2D eigenvalue weighted by molar-refractivity contribution is -0.305. The molecule has 0 saturated heterocycles. The van der Waals surface area contributed by atoms with Crippen molar-refractivity contribution in [3.63, 3.8) is 0 Å². The van der Waals surface area contributed by atoms with E-state index in [9.17, 15) is 35.9 Å². The van der Waals surface area contributed by atoms with Crippen LogP contribution in [-0.2, 0) is 14.3 Å². The molecule has 14 heteroatoms. The van der Waals surface area contributed by atoms with Gasteiger partial charge in [-0.25, -0.2) is 9.59 Å². The van der Waals surface area contributed by atoms with Gasteiger partial charge in [0, 0.05) is 5.69 Å². The van der Waals surface area contributed by atoms with Crippen molar-refractivity contribution in [2.24, 2.45) is 0 Å². The third-order valence-corrected chi connectivity index (χ3v) is 3.62. The summed E-state index contributed by atoms with van der Waals surface area (Å²) in [5, 5.41) is 2.93. The molecule has 2 amide bonds. The minimum absolute atomic E-state index is 0.0669. The van der Waals surface area contributed by atoms with Crippen LogP contribution in [0.5, 0.6) is 0 Å². The fourth-order valence-corrected chi connectivity index (χ4v) is 2.03. The highest BCUT2D eigenvalue weighted by atomic mass is 35.5. The van der Waals surface area contributed by atoms with Crippen LogP contribution in [0.15, 0.2) is 18.2 Å². The Bertz CT molecular complexity index is 729. The lowest BCUT2D eigenvalue weighted by atomic mass is 10.2.